The molecular formula is C18H22N4O2. The zero-order chi connectivity index (χ0) is 17.5. The summed E-state index contributed by atoms with van der Waals surface area (Å²) in [4.78, 5) is 29.4. The van der Waals surface area contributed by atoms with Crippen LogP contribution in [-0.4, -0.2) is 35.9 Å². The van der Waals surface area contributed by atoms with Gasteiger partial charge in [0.2, 0.25) is 0 Å². The van der Waals surface area contributed by atoms with Crippen molar-refractivity contribution in [1.82, 2.24) is 15.2 Å². The summed E-state index contributed by atoms with van der Waals surface area (Å²) in [5.41, 5.74) is 3.11. The van der Waals surface area contributed by atoms with Crippen LogP contribution in [0.3, 0.4) is 0 Å². The van der Waals surface area contributed by atoms with Crippen molar-refractivity contribution in [3.05, 3.63) is 59.4 Å². The lowest BCUT2D eigenvalue weighted by Gasteiger charge is -2.12. The van der Waals surface area contributed by atoms with Gasteiger partial charge in [0, 0.05) is 32.5 Å². The summed E-state index contributed by atoms with van der Waals surface area (Å²) in [6.07, 6.45) is 2.42. The van der Waals surface area contributed by atoms with Crippen molar-refractivity contribution >= 4 is 17.6 Å². The van der Waals surface area contributed by atoms with Gasteiger partial charge in [0.25, 0.3) is 5.91 Å². The molecule has 0 fully saturated rings. The van der Waals surface area contributed by atoms with E-state index >= 15 is 0 Å². The Morgan fingerprint density at radius 3 is 2.50 bits per heavy atom. The topological polar surface area (TPSA) is 74.3 Å². The van der Waals surface area contributed by atoms with Crippen LogP contribution in [0.15, 0.2) is 42.6 Å². The number of nitrogens with one attached hydrogen (secondary N) is 2. The molecule has 0 atom stereocenters. The number of carbonyl (C=O) groups excluding carboxylic acids is 2. The Balaban J connectivity index is 1.97. The number of pyridine rings is 1. The molecule has 3 amide bonds. The van der Waals surface area contributed by atoms with Gasteiger partial charge < -0.3 is 15.5 Å². The highest BCUT2D eigenvalue weighted by molar-refractivity contribution is 5.95. The lowest BCUT2D eigenvalue weighted by molar-refractivity contribution is 0.0822. The number of urea groups is 1. The molecule has 0 saturated carbocycles. The van der Waals surface area contributed by atoms with Crippen molar-refractivity contribution in [2.45, 2.75) is 19.9 Å². The maximum atomic E-state index is 12.1. The average Bonchev–Trinajstić information content (AvgIpc) is 2.59. The zero-order valence-electron chi connectivity index (χ0n) is 14.2. The van der Waals surface area contributed by atoms with Crippen molar-refractivity contribution < 1.29 is 9.59 Å². The Labute approximate surface area is 141 Å². The Morgan fingerprint density at radius 1 is 1.12 bits per heavy atom. The van der Waals surface area contributed by atoms with Gasteiger partial charge in [-0.1, -0.05) is 31.2 Å². The van der Waals surface area contributed by atoms with Crippen LogP contribution in [0.1, 0.15) is 28.5 Å². The SMILES string of the molecule is CCc1ccccc1CNC(=O)Nc1ccnc(C(=O)N(C)C)c1. The number of benzene rings is 1. The predicted octanol–water partition coefficient (Wildman–Crippen LogP) is 2.67. The third-order valence-electron chi connectivity index (χ3n) is 3.58. The number of aromatic nitrogens is 1. The molecule has 0 aliphatic rings. The van der Waals surface area contributed by atoms with Crippen molar-refractivity contribution in [3.63, 3.8) is 0 Å². The summed E-state index contributed by atoms with van der Waals surface area (Å²) in [6.45, 7) is 2.53. The minimum Gasteiger partial charge on any atom is -0.343 e. The number of hydrogen-bond donors (Lipinski definition) is 2. The molecule has 2 N–H and O–H groups in total. The summed E-state index contributed by atoms with van der Waals surface area (Å²) in [5, 5.41) is 5.55. The zero-order valence-corrected chi connectivity index (χ0v) is 14.2. The molecule has 0 unspecified atom stereocenters. The smallest absolute Gasteiger partial charge is 0.319 e. The fraction of sp³-hybridized carbons (Fsp3) is 0.278. The molecule has 0 spiro atoms. The lowest BCUT2D eigenvalue weighted by Crippen LogP contribution is -2.29. The van der Waals surface area contributed by atoms with E-state index in [0.717, 1.165) is 12.0 Å². The number of nitrogens with zero attached hydrogens (tertiary/aromatic N) is 2. The third-order valence-corrected chi connectivity index (χ3v) is 3.58. The highest BCUT2D eigenvalue weighted by atomic mass is 16.2. The summed E-state index contributed by atoms with van der Waals surface area (Å²) in [6, 6.07) is 10.9. The Kier molecular flexibility index (Phi) is 5.89. The van der Waals surface area contributed by atoms with E-state index in [2.05, 4.69) is 28.6 Å². The fourth-order valence-electron chi connectivity index (χ4n) is 2.28. The third kappa shape index (κ3) is 4.55. The van der Waals surface area contributed by atoms with Gasteiger partial charge in [0.15, 0.2) is 0 Å². The van der Waals surface area contributed by atoms with E-state index < -0.39 is 0 Å². The van der Waals surface area contributed by atoms with Crippen LogP contribution in [0.4, 0.5) is 10.5 Å². The van der Waals surface area contributed by atoms with Crippen LogP contribution >= 0.6 is 0 Å². The molecule has 24 heavy (non-hydrogen) atoms. The molecular weight excluding hydrogens is 304 g/mol. The van der Waals surface area contributed by atoms with E-state index in [-0.39, 0.29) is 17.6 Å². The largest absolute Gasteiger partial charge is 0.343 e. The summed E-state index contributed by atoms with van der Waals surface area (Å²) < 4.78 is 0. The first kappa shape index (κ1) is 17.5. The Hall–Kier alpha value is -2.89. The van der Waals surface area contributed by atoms with E-state index in [1.807, 2.05) is 18.2 Å². The molecule has 6 heteroatoms. The van der Waals surface area contributed by atoms with E-state index in [9.17, 15) is 9.59 Å². The Morgan fingerprint density at radius 2 is 1.83 bits per heavy atom. The molecule has 1 heterocycles. The summed E-state index contributed by atoms with van der Waals surface area (Å²) in [5.74, 6) is -0.212. The molecule has 0 aliphatic heterocycles. The fourth-order valence-corrected chi connectivity index (χ4v) is 2.28. The highest BCUT2D eigenvalue weighted by Gasteiger charge is 2.11. The van der Waals surface area contributed by atoms with Gasteiger partial charge in [-0.3, -0.25) is 9.78 Å². The van der Waals surface area contributed by atoms with E-state index in [0.29, 0.717) is 12.2 Å². The number of anilines is 1. The van der Waals surface area contributed by atoms with Gasteiger partial charge >= 0.3 is 6.03 Å². The first-order valence-electron chi connectivity index (χ1n) is 7.80. The van der Waals surface area contributed by atoms with Crippen molar-refractivity contribution in [2.75, 3.05) is 19.4 Å². The van der Waals surface area contributed by atoms with Gasteiger partial charge in [0.05, 0.1) is 0 Å². The second-order valence-corrected chi connectivity index (χ2v) is 5.56. The first-order valence-corrected chi connectivity index (χ1v) is 7.80. The molecule has 0 bridgehead atoms. The van der Waals surface area contributed by atoms with Gasteiger partial charge in [-0.2, -0.15) is 0 Å². The maximum absolute atomic E-state index is 12.1. The molecule has 0 aliphatic carbocycles. The Bertz CT molecular complexity index is 728. The van der Waals surface area contributed by atoms with Crippen molar-refractivity contribution in [1.29, 1.82) is 0 Å². The first-order chi connectivity index (χ1) is 11.5. The van der Waals surface area contributed by atoms with Crippen LogP contribution in [0.5, 0.6) is 0 Å². The van der Waals surface area contributed by atoms with Crippen LogP contribution in [0.25, 0.3) is 0 Å². The molecule has 2 rings (SSSR count). The molecule has 0 radical (unpaired) electrons. The van der Waals surface area contributed by atoms with Crippen molar-refractivity contribution in [2.24, 2.45) is 0 Å². The number of rotatable bonds is 5. The van der Waals surface area contributed by atoms with E-state index in [1.54, 1.807) is 26.2 Å². The predicted molar refractivity (Wildman–Crippen MR) is 93.9 cm³/mol. The van der Waals surface area contributed by atoms with E-state index in [4.69, 9.17) is 0 Å². The number of amides is 3. The molecule has 1 aromatic heterocycles. The monoisotopic (exact) mass is 326 g/mol. The van der Waals surface area contributed by atoms with Crippen LogP contribution in [0, 0.1) is 0 Å². The lowest BCUT2D eigenvalue weighted by atomic mass is 10.1. The quantitative estimate of drug-likeness (QED) is 0.887. The second kappa shape index (κ2) is 8.10. The molecule has 6 nitrogen and oxygen atoms in total. The maximum Gasteiger partial charge on any atom is 0.319 e. The van der Waals surface area contributed by atoms with Crippen LogP contribution in [0.2, 0.25) is 0 Å². The van der Waals surface area contributed by atoms with Crippen LogP contribution in [-0.2, 0) is 13.0 Å². The van der Waals surface area contributed by atoms with Gasteiger partial charge in [-0.25, -0.2) is 4.79 Å². The van der Waals surface area contributed by atoms with Gasteiger partial charge in [-0.05, 0) is 29.7 Å². The second-order valence-electron chi connectivity index (χ2n) is 5.56. The molecule has 1 aromatic carbocycles. The van der Waals surface area contributed by atoms with Gasteiger partial charge in [0.1, 0.15) is 5.69 Å². The average molecular weight is 326 g/mol. The normalized spacial score (nSPS) is 10.1. The molecule has 126 valence electrons. The molecule has 0 saturated heterocycles. The standard InChI is InChI=1S/C18H22N4O2/c1-4-13-7-5-6-8-14(13)12-20-18(24)21-15-9-10-19-16(11-15)17(23)22(2)3/h5-11H,4,12H2,1-3H3,(H2,19,20,21,24). The highest BCUT2D eigenvalue weighted by Crippen LogP contribution is 2.11. The van der Waals surface area contributed by atoms with E-state index in [1.165, 1.54) is 16.7 Å². The minimum atomic E-state index is -0.324. The summed E-state index contributed by atoms with van der Waals surface area (Å²) in [7, 11) is 3.31. The van der Waals surface area contributed by atoms with Crippen molar-refractivity contribution in [3.8, 4) is 0 Å². The number of carbonyl (C=O) groups is 2. The minimum absolute atomic E-state index is 0.212. The number of aryl methyl sites for hydroxylation is 1. The van der Waals surface area contributed by atoms with Crippen LogP contribution < -0.4 is 10.6 Å². The van der Waals surface area contributed by atoms with Gasteiger partial charge in [-0.15, -0.1) is 0 Å². The number of hydrogen-bond acceptors (Lipinski definition) is 3. The molecule has 2 aromatic rings. The summed E-state index contributed by atoms with van der Waals surface area (Å²) >= 11 is 0.